The summed E-state index contributed by atoms with van der Waals surface area (Å²) < 4.78 is 8.76. The molecule has 0 saturated carbocycles. The molecule has 4 N–H and O–H groups in total. The maximum atomic E-state index is 11.0. The zero-order valence-electron chi connectivity index (χ0n) is 10.5. The van der Waals surface area contributed by atoms with Gasteiger partial charge in [-0.25, -0.2) is 9.59 Å². The van der Waals surface area contributed by atoms with Crippen LogP contribution in [0.4, 0.5) is 9.59 Å². The topological polar surface area (TPSA) is 120 Å². The summed E-state index contributed by atoms with van der Waals surface area (Å²) in [4.78, 5) is 32.7. The Labute approximate surface area is 105 Å². The highest BCUT2D eigenvalue weighted by atomic mass is 16.5. The molecule has 8 nitrogen and oxygen atoms in total. The molecule has 0 heterocycles. The molecule has 0 saturated heterocycles. The first-order valence-corrected chi connectivity index (χ1v) is 5.46. The lowest BCUT2D eigenvalue weighted by molar-refractivity contribution is -0.120. The molecule has 0 spiro atoms. The van der Waals surface area contributed by atoms with Crippen molar-refractivity contribution >= 4 is 18.1 Å². The molecule has 0 aromatic heterocycles. The number of primary amides is 1. The van der Waals surface area contributed by atoms with E-state index in [2.05, 4.69) is 20.1 Å². The van der Waals surface area contributed by atoms with Gasteiger partial charge >= 0.3 is 12.2 Å². The number of rotatable bonds is 7. The molecule has 1 atom stereocenters. The summed E-state index contributed by atoms with van der Waals surface area (Å²) in [5.74, 6) is -0.624. The average molecular weight is 261 g/mol. The number of nitrogens with two attached hydrogens (primary N) is 1. The second-order valence-electron chi connectivity index (χ2n) is 3.51. The predicted octanol–water partition coefficient (Wildman–Crippen LogP) is -0.277. The molecule has 104 valence electrons. The van der Waals surface area contributed by atoms with Crippen molar-refractivity contribution in [1.29, 1.82) is 0 Å². The van der Waals surface area contributed by atoms with E-state index in [1.54, 1.807) is 0 Å². The molecular formula is C10H19N3O5. The summed E-state index contributed by atoms with van der Waals surface area (Å²) in [5.41, 5.74) is 5.13. The Morgan fingerprint density at radius 1 is 1.11 bits per heavy atom. The zero-order valence-corrected chi connectivity index (χ0v) is 10.5. The lowest BCUT2D eigenvalue weighted by Crippen LogP contribution is -2.44. The number of hydrogen-bond acceptors (Lipinski definition) is 5. The summed E-state index contributed by atoms with van der Waals surface area (Å²) in [5, 5.41) is 4.83. The van der Waals surface area contributed by atoms with Crippen LogP contribution in [0.5, 0.6) is 0 Å². The first kappa shape index (κ1) is 16.0. The summed E-state index contributed by atoms with van der Waals surface area (Å²) in [6.07, 6.45) is 0.428. The van der Waals surface area contributed by atoms with Crippen molar-refractivity contribution in [1.82, 2.24) is 10.6 Å². The molecule has 0 aromatic rings. The van der Waals surface area contributed by atoms with E-state index in [0.29, 0.717) is 25.8 Å². The number of alkyl carbamates (subject to hydrolysis) is 2. The molecule has 0 aliphatic rings. The molecular weight excluding hydrogens is 242 g/mol. The molecule has 0 rings (SSSR count). The number of nitrogens with one attached hydrogen (secondary N) is 2. The van der Waals surface area contributed by atoms with Gasteiger partial charge in [-0.05, 0) is 19.3 Å². The lowest BCUT2D eigenvalue weighted by Gasteiger charge is -2.14. The van der Waals surface area contributed by atoms with Crippen LogP contribution in [-0.2, 0) is 14.3 Å². The number of ether oxygens (including phenoxy) is 2. The number of carbonyl (C=O) groups excluding carboxylic acids is 3. The van der Waals surface area contributed by atoms with E-state index in [-0.39, 0.29) is 0 Å². The van der Waals surface area contributed by atoms with Crippen molar-refractivity contribution in [3.05, 3.63) is 0 Å². The molecule has 0 radical (unpaired) electrons. The van der Waals surface area contributed by atoms with Gasteiger partial charge < -0.3 is 25.8 Å². The normalized spacial score (nSPS) is 11.2. The van der Waals surface area contributed by atoms with Crippen LogP contribution in [-0.4, -0.2) is 44.9 Å². The smallest absolute Gasteiger partial charge is 0.407 e. The van der Waals surface area contributed by atoms with Crippen molar-refractivity contribution < 1.29 is 23.9 Å². The Bertz CT molecular complexity index is 295. The second kappa shape index (κ2) is 9.08. The highest BCUT2D eigenvalue weighted by Crippen LogP contribution is 2.00. The van der Waals surface area contributed by atoms with E-state index in [9.17, 15) is 14.4 Å². The average Bonchev–Trinajstić information content (AvgIpc) is 2.35. The fourth-order valence-corrected chi connectivity index (χ4v) is 1.22. The van der Waals surface area contributed by atoms with Gasteiger partial charge in [0.05, 0.1) is 14.2 Å². The number of unbranched alkanes of at least 4 members (excludes halogenated alkanes) is 1. The Morgan fingerprint density at radius 3 is 2.22 bits per heavy atom. The van der Waals surface area contributed by atoms with Gasteiger partial charge in [-0.1, -0.05) is 0 Å². The maximum absolute atomic E-state index is 11.0. The Morgan fingerprint density at radius 2 is 1.72 bits per heavy atom. The molecule has 0 aliphatic heterocycles. The SMILES string of the molecule is COC(=O)NCCCCC(NC(=O)OC)C(N)=O. The van der Waals surface area contributed by atoms with E-state index in [1.165, 1.54) is 14.2 Å². The van der Waals surface area contributed by atoms with Gasteiger partial charge in [-0.2, -0.15) is 0 Å². The first-order valence-electron chi connectivity index (χ1n) is 5.46. The fourth-order valence-electron chi connectivity index (χ4n) is 1.22. The number of carbonyl (C=O) groups is 3. The summed E-state index contributed by atoms with van der Waals surface area (Å²) in [6.45, 7) is 0.427. The maximum Gasteiger partial charge on any atom is 0.407 e. The minimum absolute atomic E-state index is 0.382. The van der Waals surface area contributed by atoms with Crippen LogP contribution < -0.4 is 16.4 Å². The van der Waals surface area contributed by atoms with Gasteiger partial charge in [0.1, 0.15) is 6.04 Å². The summed E-state index contributed by atoms with van der Waals surface area (Å²) >= 11 is 0. The third kappa shape index (κ3) is 7.31. The van der Waals surface area contributed by atoms with Crippen molar-refractivity contribution in [2.75, 3.05) is 20.8 Å². The van der Waals surface area contributed by atoms with Gasteiger partial charge in [-0.15, -0.1) is 0 Å². The lowest BCUT2D eigenvalue weighted by atomic mass is 10.1. The monoisotopic (exact) mass is 261 g/mol. The van der Waals surface area contributed by atoms with Gasteiger partial charge in [0.2, 0.25) is 5.91 Å². The minimum atomic E-state index is -0.768. The van der Waals surface area contributed by atoms with Crippen LogP contribution in [0.1, 0.15) is 19.3 Å². The second-order valence-corrected chi connectivity index (χ2v) is 3.51. The van der Waals surface area contributed by atoms with Crippen LogP contribution in [0.3, 0.4) is 0 Å². The predicted molar refractivity (Wildman–Crippen MR) is 62.8 cm³/mol. The van der Waals surface area contributed by atoms with Crippen molar-refractivity contribution in [2.45, 2.75) is 25.3 Å². The van der Waals surface area contributed by atoms with E-state index in [4.69, 9.17) is 5.73 Å². The zero-order chi connectivity index (χ0) is 14.0. The van der Waals surface area contributed by atoms with E-state index < -0.39 is 24.1 Å². The molecule has 0 aromatic carbocycles. The Kier molecular flexibility index (Phi) is 8.08. The minimum Gasteiger partial charge on any atom is -0.453 e. The fraction of sp³-hybridized carbons (Fsp3) is 0.700. The highest BCUT2D eigenvalue weighted by molar-refractivity contribution is 5.84. The molecule has 18 heavy (non-hydrogen) atoms. The molecule has 1 unspecified atom stereocenters. The molecule has 3 amide bonds. The molecule has 0 fully saturated rings. The molecule has 0 aliphatic carbocycles. The number of methoxy groups -OCH3 is 2. The number of amides is 3. The van der Waals surface area contributed by atoms with Gasteiger partial charge in [0.15, 0.2) is 0 Å². The summed E-state index contributed by atoms with van der Waals surface area (Å²) in [7, 11) is 2.48. The largest absolute Gasteiger partial charge is 0.453 e. The van der Waals surface area contributed by atoms with Crippen molar-refractivity contribution in [3.63, 3.8) is 0 Å². The van der Waals surface area contributed by atoms with Crippen LogP contribution >= 0.6 is 0 Å². The molecule has 8 heteroatoms. The van der Waals surface area contributed by atoms with Gasteiger partial charge in [-0.3, -0.25) is 4.79 Å². The van der Waals surface area contributed by atoms with Crippen LogP contribution in [0.2, 0.25) is 0 Å². The van der Waals surface area contributed by atoms with Crippen molar-refractivity contribution in [3.8, 4) is 0 Å². The van der Waals surface area contributed by atoms with Crippen molar-refractivity contribution in [2.24, 2.45) is 5.73 Å². The van der Waals surface area contributed by atoms with E-state index in [1.807, 2.05) is 0 Å². The van der Waals surface area contributed by atoms with Crippen LogP contribution in [0.15, 0.2) is 0 Å². The summed E-state index contributed by atoms with van der Waals surface area (Å²) in [6, 6.07) is -0.768. The van der Waals surface area contributed by atoms with E-state index in [0.717, 1.165) is 0 Å². The standard InChI is InChI=1S/C10H19N3O5/c1-17-9(15)12-6-4-3-5-7(8(11)14)13-10(16)18-2/h7H,3-6H2,1-2H3,(H2,11,14)(H,12,15)(H,13,16). The first-order chi connectivity index (χ1) is 8.51. The van der Waals surface area contributed by atoms with Gasteiger partial charge in [0, 0.05) is 6.54 Å². The highest BCUT2D eigenvalue weighted by Gasteiger charge is 2.17. The number of hydrogen-bond donors (Lipinski definition) is 3. The quantitative estimate of drug-likeness (QED) is 0.544. The van der Waals surface area contributed by atoms with E-state index >= 15 is 0 Å². The molecule has 0 bridgehead atoms. The Hall–Kier alpha value is -1.99. The van der Waals surface area contributed by atoms with Crippen LogP contribution in [0, 0.1) is 0 Å². The third-order valence-electron chi connectivity index (χ3n) is 2.20. The van der Waals surface area contributed by atoms with Crippen LogP contribution in [0.25, 0.3) is 0 Å². The Balaban J connectivity index is 3.81. The third-order valence-corrected chi connectivity index (χ3v) is 2.20. The van der Waals surface area contributed by atoms with Gasteiger partial charge in [0.25, 0.3) is 0 Å².